The number of nitrogens with zero attached hydrogens (tertiary/aromatic N) is 1. The highest BCUT2D eigenvalue weighted by molar-refractivity contribution is 5.91. The molecule has 0 aliphatic rings. The van der Waals surface area contributed by atoms with Gasteiger partial charge in [0.05, 0.1) is 6.61 Å². The number of nitrogen functional groups attached to an aromatic ring is 1. The number of nitrogens with two attached hydrogens (primary N) is 1. The molecule has 0 atom stereocenters. The quantitative estimate of drug-likeness (QED) is 0.641. The van der Waals surface area contributed by atoms with Crippen LogP contribution < -0.4 is 11.1 Å². The third-order valence-electron chi connectivity index (χ3n) is 3.49. The molecule has 0 bridgehead atoms. The summed E-state index contributed by atoms with van der Waals surface area (Å²) in [4.78, 5) is 14.1. The number of aliphatic hydroxyl groups is 1. The van der Waals surface area contributed by atoms with E-state index < -0.39 is 0 Å². The lowest BCUT2D eigenvalue weighted by molar-refractivity contribution is -0.116. The molecule has 1 aromatic carbocycles. The minimum Gasteiger partial charge on any atom is -0.399 e. The van der Waals surface area contributed by atoms with Gasteiger partial charge in [-0.1, -0.05) is 0 Å². The number of rotatable bonds is 8. The van der Waals surface area contributed by atoms with E-state index in [4.69, 9.17) is 10.8 Å². The number of carbonyl (C=O) groups excluding carboxylic acids is 1. The molecule has 0 saturated heterocycles. The molecular formula is C16H27N3O2. The SMILES string of the molecule is Cc1cc(N)ccc1NC(=O)CCCN(CCO)C(C)C. The molecule has 21 heavy (non-hydrogen) atoms. The van der Waals surface area contributed by atoms with Crippen molar-refractivity contribution in [2.45, 2.75) is 39.7 Å². The molecule has 0 aliphatic carbocycles. The number of carbonyl (C=O) groups is 1. The second-order valence-electron chi connectivity index (χ2n) is 5.58. The van der Waals surface area contributed by atoms with Crippen LogP contribution in [0.2, 0.25) is 0 Å². The molecule has 4 N–H and O–H groups in total. The molecule has 0 aromatic heterocycles. The first kappa shape index (κ1) is 17.5. The molecule has 0 unspecified atom stereocenters. The van der Waals surface area contributed by atoms with Crippen molar-refractivity contribution in [3.05, 3.63) is 23.8 Å². The minimum absolute atomic E-state index is 0.00979. The van der Waals surface area contributed by atoms with E-state index in [-0.39, 0.29) is 12.5 Å². The van der Waals surface area contributed by atoms with Crippen LogP contribution in [0.5, 0.6) is 0 Å². The summed E-state index contributed by atoms with van der Waals surface area (Å²) >= 11 is 0. The highest BCUT2D eigenvalue weighted by atomic mass is 16.3. The summed E-state index contributed by atoms with van der Waals surface area (Å²) in [5.41, 5.74) is 8.16. The van der Waals surface area contributed by atoms with Crippen molar-refractivity contribution in [1.29, 1.82) is 0 Å². The molecule has 0 fully saturated rings. The number of aryl methyl sites for hydroxylation is 1. The van der Waals surface area contributed by atoms with Gasteiger partial charge in [-0.3, -0.25) is 9.69 Å². The molecule has 1 amide bonds. The highest BCUT2D eigenvalue weighted by Gasteiger charge is 2.10. The Hall–Kier alpha value is -1.59. The fraction of sp³-hybridized carbons (Fsp3) is 0.562. The first-order valence-corrected chi connectivity index (χ1v) is 7.45. The van der Waals surface area contributed by atoms with Gasteiger partial charge in [0.15, 0.2) is 0 Å². The summed E-state index contributed by atoms with van der Waals surface area (Å²) in [5, 5.41) is 11.9. The standard InChI is InChI=1S/C16H27N3O2/c1-12(2)19(9-10-20)8-4-5-16(21)18-15-7-6-14(17)11-13(15)3/h6-7,11-12,20H,4-5,8-10,17H2,1-3H3,(H,18,21). The van der Waals surface area contributed by atoms with Crippen LogP contribution in [0.25, 0.3) is 0 Å². The van der Waals surface area contributed by atoms with E-state index in [0.717, 1.165) is 24.2 Å². The zero-order valence-corrected chi connectivity index (χ0v) is 13.2. The van der Waals surface area contributed by atoms with Crippen molar-refractivity contribution in [2.24, 2.45) is 0 Å². The summed E-state index contributed by atoms with van der Waals surface area (Å²) in [5.74, 6) is 0.00979. The van der Waals surface area contributed by atoms with Gasteiger partial charge >= 0.3 is 0 Å². The van der Waals surface area contributed by atoms with Gasteiger partial charge in [-0.05, 0) is 57.5 Å². The van der Waals surface area contributed by atoms with Crippen LogP contribution in [0.3, 0.4) is 0 Å². The zero-order chi connectivity index (χ0) is 15.8. The maximum Gasteiger partial charge on any atom is 0.224 e. The number of amides is 1. The first-order valence-electron chi connectivity index (χ1n) is 7.45. The smallest absolute Gasteiger partial charge is 0.224 e. The number of anilines is 2. The van der Waals surface area contributed by atoms with Crippen LogP contribution in [0.4, 0.5) is 11.4 Å². The minimum atomic E-state index is 0.00979. The number of aliphatic hydroxyl groups excluding tert-OH is 1. The summed E-state index contributed by atoms with van der Waals surface area (Å²) in [6.07, 6.45) is 1.25. The Balaban J connectivity index is 2.40. The van der Waals surface area contributed by atoms with Crippen LogP contribution in [-0.4, -0.2) is 41.7 Å². The Morgan fingerprint density at radius 1 is 1.38 bits per heavy atom. The molecule has 1 rings (SSSR count). The largest absolute Gasteiger partial charge is 0.399 e. The summed E-state index contributed by atoms with van der Waals surface area (Å²) in [6.45, 7) is 7.71. The lowest BCUT2D eigenvalue weighted by atomic mass is 10.1. The number of hydrogen-bond donors (Lipinski definition) is 3. The average molecular weight is 293 g/mol. The fourth-order valence-electron chi connectivity index (χ4n) is 2.24. The van der Waals surface area contributed by atoms with Gasteiger partial charge in [-0.15, -0.1) is 0 Å². The number of nitrogens with one attached hydrogen (secondary N) is 1. The third-order valence-corrected chi connectivity index (χ3v) is 3.49. The average Bonchev–Trinajstić information content (AvgIpc) is 2.41. The lowest BCUT2D eigenvalue weighted by Crippen LogP contribution is -2.34. The van der Waals surface area contributed by atoms with Crippen molar-refractivity contribution in [3.63, 3.8) is 0 Å². The molecule has 1 aromatic rings. The van der Waals surface area contributed by atoms with Crippen molar-refractivity contribution in [3.8, 4) is 0 Å². The van der Waals surface area contributed by atoms with Crippen LogP contribution in [0.1, 0.15) is 32.3 Å². The molecule has 0 saturated carbocycles. The fourth-order valence-corrected chi connectivity index (χ4v) is 2.24. The van der Waals surface area contributed by atoms with Crippen LogP contribution in [0.15, 0.2) is 18.2 Å². The van der Waals surface area contributed by atoms with E-state index in [2.05, 4.69) is 24.1 Å². The zero-order valence-electron chi connectivity index (χ0n) is 13.2. The van der Waals surface area contributed by atoms with Crippen LogP contribution >= 0.6 is 0 Å². The summed E-state index contributed by atoms with van der Waals surface area (Å²) < 4.78 is 0. The van der Waals surface area contributed by atoms with Gasteiger partial charge in [-0.25, -0.2) is 0 Å². The Kier molecular flexibility index (Phi) is 7.19. The lowest BCUT2D eigenvalue weighted by Gasteiger charge is -2.25. The Morgan fingerprint density at radius 3 is 2.67 bits per heavy atom. The molecule has 5 heteroatoms. The van der Waals surface area contributed by atoms with Gasteiger partial charge in [0, 0.05) is 30.4 Å². The number of benzene rings is 1. The summed E-state index contributed by atoms with van der Waals surface area (Å²) in [7, 11) is 0. The molecule has 0 radical (unpaired) electrons. The molecular weight excluding hydrogens is 266 g/mol. The Morgan fingerprint density at radius 2 is 2.10 bits per heavy atom. The van der Waals surface area contributed by atoms with Gasteiger partial charge in [0.1, 0.15) is 0 Å². The Labute approximate surface area is 127 Å². The van der Waals surface area contributed by atoms with Gasteiger partial charge < -0.3 is 16.2 Å². The molecule has 0 heterocycles. The van der Waals surface area contributed by atoms with Crippen molar-refractivity contribution in [1.82, 2.24) is 4.90 Å². The van der Waals surface area contributed by atoms with Gasteiger partial charge in [0.25, 0.3) is 0 Å². The van der Waals surface area contributed by atoms with Crippen LogP contribution in [-0.2, 0) is 4.79 Å². The maximum absolute atomic E-state index is 11.9. The first-order chi connectivity index (χ1) is 9.93. The second kappa shape index (κ2) is 8.64. The summed E-state index contributed by atoms with van der Waals surface area (Å²) in [6, 6.07) is 5.83. The van der Waals surface area contributed by atoms with E-state index in [1.54, 1.807) is 6.07 Å². The van der Waals surface area contributed by atoms with Gasteiger partial charge in [-0.2, -0.15) is 0 Å². The molecule has 0 aliphatic heterocycles. The molecule has 0 spiro atoms. The predicted molar refractivity (Wildman–Crippen MR) is 87.2 cm³/mol. The second-order valence-corrected chi connectivity index (χ2v) is 5.58. The highest BCUT2D eigenvalue weighted by Crippen LogP contribution is 2.17. The monoisotopic (exact) mass is 293 g/mol. The van der Waals surface area contributed by atoms with Crippen molar-refractivity contribution >= 4 is 17.3 Å². The van der Waals surface area contributed by atoms with Gasteiger partial charge in [0.2, 0.25) is 5.91 Å². The molecule has 118 valence electrons. The topological polar surface area (TPSA) is 78.6 Å². The third kappa shape index (κ3) is 6.14. The Bertz CT molecular complexity index is 461. The molecule has 5 nitrogen and oxygen atoms in total. The number of hydrogen-bond acceptors (Lipinski definition) is 4. The normalized spacial score (nSPS) is 11.1. The van der Waals surface area contributed by atoms with E-state index in [9.17, 15) is 4.79 Å². The predicted octanol–water partition coefficient (Wildman–Crippen LogP) is 2.00. The maximum atomic E-state index is 11.9. The van der Waals surface area contributed by atoms with E-state index >= 15 is 0 Å². The van der Waals surface area contributed by atoms with E-state index in [1.165, 1.54) is 0 Å². The van der Waals surface area contributed by atoms with Crippen molar-refractivity contribution < 1.29 is 9.90 Å². The van der Waals surface area contributed by atoms with Crippen molar-refractivity contribution in [2.75, 3.05) is 30.7 Å². The van der Waals surface area contributed by atoms with E-state index in [1.807, 2.05) is 19.1 Å². The van der Waals surface area contributed by atoms with Crippen LogP contribution in [0, 0.1) is 6.92 Å². The van der Waals surface area contributed by atoms with E-state index in [0.29, 0.717) is 24.7 Å².